The third kappa shape index (κ3) is 5.23. The summed E-state index contributed by atoms with van der Waals surface area (Å²) in [5.74, 6) is 0. The third-order valence-corrected chi connectivity index (χ3v) is 11.4. The second-order valence-corrected chi connectivity index (χ2v) is 14.6. The molecule has 0 radical (unpaired) electrons. The second kappa shape index (κ2) is 12.3. The lowest BCUT2D eigenvalue weighted by atomic mass is 9.93. The molecular formula is C54H34. The monoisotopic (exact) mass is 682 g/mol. The Hall–Kier alpha value is -7.02. The second-order valence-electron chi connectivity index (χ2n) is 14.6. The van der Waals surface area contributed by atoms with E-state index < -0.39 is 0 Å². The van der Waals surface area contributed by atoms with E-state index in [1.54, 1.807) is 0 Å². The van der Waals surface area contributed by atoms with Crippen LogP contribution in [-0.2, 0) is 0 Å². The predicted molar refractivity (Wildman–Crippen MR) is 233 cm³/mol. The van der Waals surface area contributed by atoms with Crippen molar-refractivity contribution in [2.75, 3.05) is 0 Å². The molecule has 0 atom stereocenters. The van der Waals surface area contributed by atoms with E-state index >= 15 is 0 Å². The molecule has 0 heterocycles. The summed E-state index contributed by atoms with van der Waals surface area (Å²) in [6, 6.07) is 76.2. The summed E-state index contributed by atoms with van der Waals surface area (Å²) in [6.45, 7) is 0. The van der Waals surface area contributed by atoms with E-state index in [4.69, 9.17) is 0 Å². The quantitative estimate of drug-likeness (QED) is 0.162. The van der Waals surface area contributed by atoms with Crippen molar-refractivity contribution in [2.24, 2.45) is 0 Å². The van der Waals surface area contributed by atoms with Gasteiger partial charge in [0.2, 0.25) is 0 Å². The van der Waals surface area contributed by atoms with Crippen LogP contribution < -0.4 is 0 Å². The smallest absolute Gasteiger partial charge is 0.0105 e. The molecule has 0 N–H and O–H groups in total. The fourth-order valence-corrected chi connectivity index (χ4v) is 8.45. The molecule has 11 aromatic rings. The SMILES string of the molecule is c1ccc2cc(-c3ccc(-c4ccc5c(ccc6cc(-c7ccc8c(ccc9cc(-c%10ccc%11ccccc%11c%10)ccc98)c7)ccc65)c4)cc3)ccc2c1. The molecule has 0 bridgehead atoms. The molecule has 0 fully saturated rings. The third-order valence-electron chi connectivity index (χ3n) is 11.4. The van der Waals surface area contributed by atoms with Crippen molar-refractivity contribution in [1.82, 2.24) is 0 Å². The molecule has 0 amide bonds. The summed E-state index contributed by atoms with van der Waals surface area (Å²) in [6.07, 6.45) is 0. The Labute approximate surface area is 314 Å². The minimum atomic E-state index is 1.23. The van der Waals surface area contributed by atoms with Gasteiger partial charge in [-0.25, -0.2) is 0 Å². The zero-order chi connectivity index (χ0) is 35.6. The van der Waals surface area contributed by atoms with E-state index in [2.05, 4.69) is 206 Å². The first-order chi connectivity index (χ1) is 26.7. The fraction of sp³-hybridized carbons (Fsp3) is 0. The highest BCUT2D eigenvalue weighted by Gasteiger charge is 2.10. The molecule has 0 spiro atoms. The fourth-order valence-electron chi connectivity index (χ4n) is 8.45. The molecule has 0 saturated heterocycles. The predicted octanol–water partition coefficient (Wildman–Crippen LogP) is 15.3. The Bertz CT molecular complexity index is 3260. The molecule has 0 aliphatic heterocycles. The zero-order valence-electron chi connectivity index (χ0n) is 29.6. The van der Waals surface area contributed by atoms with Crippen LogP contribution in [0.3, 0.4) is 0 Å². The zero-order valence-corrected chi connectivity index (χ0v) is 29.6. The van der Waals surface area contributed by atoms with Gasteiger partial charge in [-0.15, -0.1) is 0 Å². The first-order valence-electron chi connectivity index (χ1n) is 18.7. The van der Waals surface area contributed by atoms with Crippen molar-refractivity contribution in [3.63, 3.8) is 0 Å². The van der Waals surface area contributed by atoms with Gasteiger partial charge in [-0.2, -0.15) is 0 Å². The summed E-state index contributed by atoms with van der Waals surface area (Å²) in [7, 11) is 0. The molecular weight excluding hydrogens is 649 g/mol. The highest BCUT2D eigenvalue weighted by atomic mass is 14.1. The largest absolute Gasteiger partial charge is 0.0616 e. The molecule has 0 nitrogen and oxygen atoms in total. The number of hydrogen-bond acceptors (Lipinski definition) is 0. The Morgan fingerprint density at radius 3 is 0.704 bits per heavy atom. The number of benzene rings is 11. The maximum Gasteiger partial charge on any atom is -0.0105 e. The topological polar surface area (TPSA) is 0 Å². The van der Waals surface area contributed by atoms with E-state index in [-0.39, 0.29) is 0 Å². The molecule has 11 aromatic carbocycles. The average molecular weight is 683 g/mol. The molecule has 0 unspecified atom stereocenters. The first kappa shape index (κ1) is 30.6. The Kier molecular flexibility index (Phi) is 6.97. The minimum Gasteiger partial charge on any atom is -0.0616 e. The van der Waals surface area contributed by atoms with Crippen LogP contribution >= 0.6 is 0 Å². The highest BCUT2D eigenvalue weighted by Crippen LogP contribution is 2.36. The van der Waals surface area contributed by atoms with Gasteiger partial charge in [0.15, 0.2) is 0 Å². The molecule has 0 heteroatoms. The van der Waals surface area contributed by atoms with Crippen LogP contribution in [0, 0.1) is 0 Å². The molecule has 11 rings (SSSR count). The van der Waals surface area contributed by atoms with Gasteiger partial charge < -0.3 is 0 Å². The van der Waals surface area contributed by atoms with Gasteiger partial charge >= 0.3 is 0 Å². The standard InChI is InChI=1S/C54H34/c1-3-7-39-29-41(15-13-35(39)5-1)37-9-11-38(12-10-37)42-21-25-51-47(31-42)17-18-49-33-45(23-27-52(49)51)46-24-28-54-50(34-46)20-19-48-32-44(22-26-53(48)54)43-16-14-36-6-2-4-8-40(36)30-43/h1-34H. The minimum absolute atomic E-state index is 1.23. The summed E-state index contributed by atoms with van der Waals surface area (Å²) < 4.78 is 0. The van der Waals surface area contributed by atoms with Crippen molar-refractivity contribution in [3.8, 4) is 44.5 Å². The maximum atomic E-state index is 2.34. The van der Waals surface area contributed by atoms with E-state index in [0.29, 0.717) is 0 Å². The van der Waals surface area contributed by atoms with Gasteiger partial charge in [-0.1, -0.05) is 170 Å². The van der Waals surface area contributed by atoms with Gasteiger partial charge in [0.25, 0.3) is 0 Å². The van der Waals surface area contributed by atoms with E-state index in [1.165, 1.54) is 109 Å². The first-order valence-corrected chi connectivity index (χ1v) is 18.7. The number of rotatable bonds is 4. The lowest BCUT2D eigenvalue weighted by molar-refractivity contribution is 1.62. The van der Waals surface area contributed by atoms with Gasteiger partial charge in [-0.05, 0) is 146 Å². The summed E-state index contributed by atoms with van der Waals surface area (Å²) in [4.78, 5) is 0. The molecule has 250 valence electrons. The van der Waals surface area contributed by atoms with Crippen LogP contribution in [0.15, 0.2) is 206 Å². The van der Waals surface area contributed by atoms with Crippen molar-refractivity contribution in [2.45, 2.75) is 0 Å². The van der Waals surface area contributed by atoms with Crippen LogP contribution in [0.1, 0.15) is 0 Å². The summed E-state index contributed by atoms with van der Waals surface area (Å²) in [5.41, 5.74) is 9.90. The normalized spacial score (nSPS) is 11.7. The van der Waals surface area contributed by atoms with Gasteiger partial charge in [0.05, 0.1) is 0 Å². The Morgan fingerprint density at radius 1 is 0.148 bits per heavy atom. The van der Waals surface area contributed by atoms with Gasteiger partial charge in [0.1, 0.15) is 0 Å². The Balaban J connectivity index is 0.880. The van der Waals surface area contributed by atoms with E-state index in [1.807, 2.05) is 0 Å². The molecule has 0 saturated carbocycles. The van der Waals surface area contributed by atoms with Crippen LogP contribution in [0.25, 0.3) is 109 Å². The lowest BCUT2D eigenvalue weighted by Gasteiger charge is -2.11. The maximum absolute atomic E-state index is 2.34. The van der Waals surface area contributed by atoms with Gasteiger partial charge in [0, 0.05) is 0 Å². The van der Waals surface area contributed by atoms with Crippen LogP contribution in [0.5, 0.6) is 0 Å². The number of fused-ring (bicyclic) bond motifs is 8. The van der Waals surface area contributed by atoms with Crippen molar-refractivity contribution >= 4 is 64.6 Å². The average Bonchev–Trinajstić information content (AvgIpc) is 3.25. The molecule has 0 aliphatic rings. The van der Waals surface area contributed by atoms with Crippen molar-refractivity contribution in [3.05, 3.63) is 206 Å². The molecule has 54 heavy (non-hydrogen) atoms. The summed E-state index contributed by atoms with van der Waals surface area (Å²) in [5, 5.41) is 15.3. The van der Waals surface area contributed by atoms with Gasteiger partial charge in [-0.3, -0.25) is 0 Å². The lowest BCUT2D eigenvalue weighted by Crippen LogP contribution is -1.85. The van der Waals surface area contributed by atoms with E-state index in [9.17, 15) is 0 Å². The van der Waals surface area contributed by atoms with E-state index in [0.717, 1.165) is 0 Å². The Morgan fingerprint density at radius 2 is 0.370 bits per heavy atom. The van der Waals surface area contributed by atoms with Crippen molar-refractivity contribution < 1.29 is 0 Å². The summed E-state index contributed by atoms with van der Waals surface area (Å²) >= 11 is 0. The van der Waals surface area contributed by atoms with Crippen LogP contribution in [-0.4, -0.2) is 0 Å². The van der Waals surface area contributed by atoms with Crippen molar-refractivity contribution in [1.29, 1.82) is 0 Å². The highest BCUT2D eigenvalue weighted by molar-refractivity contribution is 6.11. The number of hydrogen-bond donors (Lipinski definition) is 0. The molecule has 0 aliphatic carbocycles. The molecule has 0 aromatic heterocycles. The van der Waals surface area contributed by atoms with Crippen LogP contribution in [0.4, 0.5) is 0 Å². The van der Waals surface area contributed by atoms with Crippen LogP contribution in [0.2, 0.25) is 0 Å².